The fraction of sp³-hybridized carbons (Fsp3) is 0.429. The molecule has 7 heteroatoms. The third kappa shape index (κ3) is 4.04. The molecule has 0 amide bonds. The lowest BCUT2D eigenvalue weighted by molar-refractivity contribution is -0.385. The smallest absolute Gasteiger partial charge is 0.258 e. The Morgan fingerprint density at radius 3 is 2.67 bits per heavy atom. The van der Waals surface area contributed by atoms with Gasteiger partial charge >= 0.3 is 0 Å². The Morgan fingerprint density at radius 2 is 2.14 bits per heavy atom. The van der Waals surface area contributed by atoms with Crippen molar-refractivity contribution in [3.63, 3.8) is 0 Å². The van der Waals surface area contributed by atoms with Gasteiger partial charge in [-0.05, 0) is 27.7 Å². The van der Waals surface area contributed by atoms with Crippen molar-refractivity contribution in [3.8, 4) is 0 Å². The minimum absolute atomic E-state index is 0.120. The Morgan fingerprint density at radius 1 is 1.43 bits per heavy atom. The van der Waals surface area contributed by atoms with Crippen LogP contribution >= 0.6 is 11.8 Å². The van der Waals surface area contributed by atoms with E-state index in [0.29, 0.717) is 11.3 Å². The van der Waals surface area contributed by atoms with Crippen molar-refractivity contribution in [1.29, 1.82) is 0 Å². The molecule has 0 aromatic heterocycles. The van der Waals surface area contributed by atoms with Gasteiger partial charge in [-0.3, -0.25) is 20.5 Å². The molecule has 21 heavy (non-hydrogen) atoms. The number of hydrazone groups is 1. The van der Waals surface area contributed by atoms with Gasteiger partial charge in [-0.1, -0.05) is 23.9 Å². The molecule has 0 unspecified atom stereocenters. The van der Waals surface area contributed by atoms with Crippen LogP contribution in [0.25, 0.3) is 0 Å². The summed E-state index contributed by atoms with van der Waals surface area (Å²) in [7, 11) is 0. The van der Waals surface area contributed by atoms with E-state index < -0.39 is 0 Å². The molecule has 1 aliphatic rings. The number of nitro groups is 1. The van der Waals surface area contributed by atoms with Crippen LogP contribution in [0, 0.1) is 17.0 Å². The van der Waals surface area contributed by atoms with Crippen LogP contribution in [0.15, 0.2) is 28.3 Å². The number of amidine groups is 1. The quantitative estimate of drug-likeness (QED) is 0.672. The molecule has 112 valence electrons. The fourth-order valence-electron chi connectivity index (χ4n) is 1.81. The molecule has 6 nitrogen and oxygen atoms in total. The lowest BCUT2D eigenvalue weighted by Gasteiger charge is -2.19. The van der Waals surface area contributed by atoms with Crippen molar-refractivity contribution >= 4 is 28.3 Å². The molecule has 1 N–H and O–H groups in total. The van der Waals surface area contributed by atoms with Crippen LogP contribution in [0.3, 0.4) is 0 Å². The first-order valence-electron chi connectivity index (χ1n) is 6.57. The van der Waals surface area contributed by atoms with Gasteiger partial charge in [0.2, 0.25) is 0 Å². The zero-order valence-corrected chi connectivity index (χ0v) is 13.3. The van der Waals surface area contributed by atoms with Gasteiger partial charge in [0.05, 0.1) is 16.2 Å². The van der Waals surface area contributed by atoms with Crippen LogP contribution in [0.5, 0.6) is 0 Å². The van der Waals surface area contributed by atoms with E-state index >= 15 is 0 Å². The summed E-state index contributed by atoms with van der Waals surface area (Å²) in [5.74, 6) is 0.641. The van der Waals surface area contributed by atoms with Crippen LogP contribution in [0.2, 0.25) is 0 Å². The van der Waals surface area contributed by atoms with Crippen LogP contribution in [-0.4, -0.2) is 27.1 Å². The third-order valence-corrected chi connectivity index (χ3v) is 3.68. The van der Waals surface area contributed by atoms with Crippen LogP contribution < -0.4 is 5.43 Å². The van der Waals surface area contributed by atoms with Crippen molar-refractivity contribution in [3.05, 3.63) is 39.4 Å². The molecule has 1 heterocycles. The van der Waals surface area contributed by atoms with Crippen molar-refractivity contribution in [2.24, 2.45) is 10.1 Å². The first-order valence-corrected chi connectivity index (χ1v) is 7.55. The van der Waals surface area contributed by atoms with Gasteiger partial charge < -0.3 is 0 Å². The van der Waals surface area contributed by atoms with E-state index in [1.165, 1.54) is 0 Å². The zero-order valence-electron chi connectivity index (χ0n) is 12.5. The van der Waals surface area contributed by atoms with E-state index in [1.54, 1.807) is 30.8 Å². The number of benzene rings is 1. The van der Waals surface area contributed by atoms with Gasteiger partial charge in [0.1, 0.15) is 0 Å². The maximum atomic E-state index is 11.0. The summed E-state index contributed by atoms with van der Waals surface area (Å²) in [5, 5.41) is 16.1. The second kappa shape index (κ2) is 5.85. The first kappa shape index (κ1) is 15.5. The molecule has 0 radical (unpaired) electrons. The number of nitrogens with one attached hydrogen (secondary N) is 1. The Balaban J connectivity index is 2.24. The summed E-state index contributed by atoms with van der Waals surface area (Å²) in [5.41, 5.74) is 5.08. The summed E-state index contributed by atoms with van der Waals surface area (Å²) in [6.07, 6.45) is 0. The van der Waals surface area contributed by atoms with Crippen molar-refractivity contribution in [2.75, 3.05) is 5.75 Å². The minimum atomic E-state index is -0.366. The van der Waals surface area contributed by atoms with Crippen LogP contribution in [0.1, 0.15) is 31.9 Å². The second-order valence-electron chi connectivity index (χ2n) is 5.81. The molecular weight excluding hydrogens is 288 g/mol. The summed E-state index contributed by atoms with van der Waals surface area (Å²) in [6, 6.07) is 5.18. The number of thioether (sulfide) groups is 1. The van der Waals surface area contributed by atoms with E-state index in [4.69, 9.17) is 0 Å². The molecule has 0 saturated heterocycles. The highest BCUT2D eigenvalue weighted by atomic mass is 32.2. The van der Waals surface area contributed by atoms with Crippen LogP contribution in [0.4, 0.5) is 5.69 Å². The maximum Gasteiger partial charge on any atom is 0.272 e. The number of nitrogens with zero attached hydrogens (tertiary/aromatic N) is 3. The molecule has 1 aliphatic heterocycles. The summed E-state index contributed by atoms with van der Waals surface area (Å²) in [4.78, 5) is 15.1. The standard InChI is InChI=1S/C14H18N4O2S/c1-9-5-6-10(7-12(9)18(19)20)11-8-21-13(17-16-11)15-14(2,3)4/h5-7H,8H2,1-4H3,(H,15,17). The van der Waals surface area contributed by atoms with Crippen molar-refractivity contribution < 1.29 is 4.92 Å². The molecular formula is C14H18N4O2S. The Kier molecular flexibility index (Phi) is 4.32. The number of hydrogen-bond acceptors (Lipinski definition) is 5. The van der Waals surface area contributed by atoms with E-state index in [-0.39, 0.29) is 16.1 Å². The Labute approximate surface area is 127 Å². The molecule has 0 spiro atoms. The van der Waals surface area contributed by atoms with Gasteiger partial charge in [0.15, 0.2) is 5.17 Å². The van der Waals surface area contributed by atoms with E-state index in [0.717, 1.165) is 16.4 Å². The lowest BCUT2D eigenvalue weighted by atomic mass is 10.1. The van der Waals surface area contributed by atoms with Gasteiger partial charge in [-0.2, -0.15) is 5.10 Å². The summed E-state index contributed by atoms with van der Waals surface area (Å²) < 4.78 is 0. The predicted molar refractivity (Wildman–Crippen MR) is 87.2 cm³/mol. The lowest BCUT2D eigenvalue weighted by Crippen LogP contribution is -2.28. The van der Waals surface area contributed by atoms with Crippen LogP contribution in [-0.2, 0) is 0 Å². The largest absolute Gasteiger partial charge is 0.272 e. The average molecular weight is 306 g/mol. The highest BCUT2D eigenvalue weighted by Crippen LogP contribution is 2.22. The zero-order chi connectivity index (χ0) is 15.6. The molecule has 1 aromatic carbocycles. The monoisotopic (exact) mass is 306 g/mol. The predicted octanol–water partition coefficient (Wildman–Crippen LogP) is 3.10. The topological polar surface area (TPSA) is 79.9 Å². The van der Waals surface area contributed by atoms with Gasteiger partial charge in [-0.25, -0.2) is 0 Å². The summed E-state index contributed by atoms with van der Waals surface area (Å²) in [6.45, 7) is 7.78. The van der Waals surface area contributed by atoms with E-state index in [1.807, 2.05) is 26.8 Å². The van der Waals surface area contributed by atoms with E-state index in [9.17, 15) is 10.1 Å². The number of aliphatic imine (C=N–C) groups is 1. The first-order chi connectivity index (χ1) is 9.76. The molecule has 0 aliphatic carbocycles. The second-order valence-corrected chi connectivity index (χ2v) is 6.77. The highest BCUT2D eigenvalue weighted by Gasteiger charge is 2.19. The normalized spacial score (nSPS) is 17.3. The molecule has 0 bridgehead atoms. The minimum Gasteiger partial charge on any atom is -0.258 e. The number of nitro benzene ring substituents is 1. The number of aryl methyl sites for hydroxylation is 1. The third-order valence-electron chi connectivity index (χ3n) is 2.81. The average Bonchev–Trinajstić information content (AvgIpc) is 2.38. The fourth-order valence-corrected chi connectivity index (χ4v) is 2.77. The van der Waals surface area contributed by atoms with Gasteiger partial charge in [0.25, 0.3) is 5.69 Å². The molecule has 0 atom stereocenters. The van der Waals surface area contributed by atoms with Crippen molar-refractivity contribution in [1.82, 2.24) is 5.43 Å². The van der Waals surface area contributed by atoms with Crippen molar-refractivity contribution in [2.45, 2.75) is 33.2 Å². The molecule has 1 aromatic rings. The highest BCUT2D eigenvalue weighted by molar-refractivity contribution is 8.14. The number of hydrogen-bond donors (Lipinski definition) is 1. The van der Waals surface area contributed by atoms with E-state index in [2.05, 4.69) is 15.5 Å². The Hall–Kier alpha value is -1.89. The molecule has 0 fully saturated rings. The molecule has 0 saturated carbocycles. The Bertz CT molecular complexity index is 632. The van der Waals surface area contributed by atoms with Gasteiger partial charge in [-0.15, -0.1) is 0 Å². The maximum absolute atomic E-state index is 11.0. The van der Waals surface area contributed by atoms with Gasteiger partial charge in [0, 0.05) is 22.9 Å². The molecule has 2 rings (SSSR count). The summed E-state index contributed by atoms with van der Waals surface area (Å²) >= 11 is 1.55. The SMILES string of the molecule is Cc1ccc(C2=NNC(=NC(C)(C)C)SC2)cc1[N+](=O)[O-]. The number of rotatable bonds is 2.